The van der Waals surface area contributed by atoms with Crippen LogP contribution in [0.3, 0.4) is 0 Å². The molecule has 32 heteroatoms. The largest absolute Gasteiger partial charge is 0.469 e. The zero-order valence-corrected chi connectivity index (χ0v) is 75.5. The number of methoxy groups -OCH3 is 4. The average Bonchev–Trinajstić information content (AvgIpc) is 1.64. The van der Waals surface area contributed by atoms with Crippen molar-refractivity contribution in [2.75, 3.05) is 100 Å². The van der Waals surface area contributed by atoms with Gasteiger partial charge in [-0.15, -0.1) is 10.2 Å². The highest BCUT2D eigenvalue weighted by atomic mass is 28.3. The van der Waals surface area contributed by atoms with Crippen LogP contribution in [-0.2, 0) is 77.4 Å². The summed E-state index contributed by atoms with van der Waals surface area (Å²) in [5.41, 5.74) is 18.8. The Morgan fingerprint density at radius 2 is 0.873 bits per heavy atom. The van der Waals surface area contributed by atoms with Crippen molar-refractivity contribution in [3.05, 3.63) is 284 Å². The third-order valence-corrected chi connectivity index (χ3v) is 23.3. The number of esters is 3. The van der Waals surface area contributed by atoms with Crippen LogP contribution in [0.4, 0.5) is 0 Å². The number of nitrogens with one attached hydrogen (secondary N) is 2. The van der Waals surface area contributed by atoms with E-state index in [4.69, 9.17) is 32.2 Å². The molecule has 14 rings (SSSR count). The van der Waals surface area contributed by atoms with Gasteiger partial charge in [-0.05, 0) is 88.8 Å². The fraction of sp³-hybridized carbons (Fsp3) is 0.394. The lowest BCUT2D eigenvalue weighted by Gasteiger charge is -2.28. The van der Waals surface area contributed by atoms with Gasteiger partial charge in [-0.2, -0.15) is 5.10 Å². The number of carbonyl (C=O) groups excluding carboxylic acids is 8. The first-order valence-corrected chi connectivity index (χ1v) is 45.4. The highest BCUT2D eigenvalue weighted by Crippen LogP contribution is 2.33. The number of fused-ring (bicyclic) bond motifs is 2. The van der Waals surface area contributed by atoms with Gasteiger partial charge in [0.05, 0.1) is 83.2 Å². The molecular weight excluding hydrogens is 1620 g/mol. The highest BCUT2D eigenvalue weighted by molar-refractivity contribution is 6.76. The van der Waals surface area contributed by atoms with Crippen LogP contribution in [0.2, 0.25) is 19.6 Å². The molecule has 0 bridgehead atoms. The number of imide groups is 2. The molecule has 6 aliphatic heterocycles. The van der Waals surface area contributed by atoms with E-state index < -0.39 is 55.6 Å². The van der Waals surface area contributed by atoms with Crippen LogP contribution < -0.4 is 34.6 Å². The van der Waals surface area contributed by atoms with Crippen LogP contribution in [0.1, 0.15) is 121 Å². The van der Waals surface area contributed by atoms with Crippen molar-refractivity contribution >= 4 is 67.1 Å². The molecule has 14 N–H and O–H groups in total. The van der Waals surface area contributed by atoms with E-state index in [1.807, 2.05) is 48.5 Å². The maximum Gasteiger partial charge on any atom is 0.376 e. The lowest BCUT2D eigenvalue weighted by molar-refractivity contribution is -0.151. The number of amidine groups is 2. The fourth-order valence-electron chi connectivity index (χ4n) is 15.8. The van der Waals surface area contributed by atoms with E-state index in [0.717, 1.165) is 109 Å². The molecule has 8 atom stereocenters. The van der Waals surface area contributed by atoms with Gasteiger partial charge in [-0.25, -0.2) is 9.59 Å². The number of allylic oxidation sites excluding steroid dienone is 1. The van der Waals surface area contributed by atoms with Crippen LogP contribution in [0, 0.1) is 46.8 Å². The fourth-order valence-corrected chi connectivity index (χ4v) is 17.3. The average molecular weight is 1750 g/mol. The van der Waals surface area contributed by atoms with E-state index in [9.17, 15) is 43.2 Å². The predicted octanol–water partition coefficient (Wildman–Crippen LogP) is 8.52. The minimum Gasteiger partial charge on any atom is -0.469 e. The third kappa shape index (κ3) is 31.3. The number of ketones is 1. The summed E-state index contributed by atoms with van der Waals surface area (Å²) >= 11 is 0. The van der Waals surface area contributed by atoms with Crippen molar-refractivity contribution in [2.24, 2.45) is 75.5 Å². The number of aromatic nitrogens is 3. The molecule has 0 aliphatic carbocycles. The summed E-state index contributed by atoms with van der Waals surface area (Å²) in [5, 5.41) is 19.5. The third-order valence-electron chi connectivity index (χ3n) is 21.9. The van der Waals surface area contributed by atoms with Crippen LogP contribution in [0.15, 0.2) is 222 Å². The number of nitrogens with zero attached hydrogens (tertiary/aromatic N) is 10. The van der Waals surface area contributed by atoms with Crippen molar-refractivity contribution in [3.8, 4) is 0 Å². The summed E-state index contributed by atoms with van der Waals surface area (Å²) in [6.07, 6.45) is 4.17. The number of Topliss-reactive ketones (excluding diaryl/α,β-unsaturated/α-hetero) is 1. The molecule has 4 saturated heterocycles. The van der Waals surface area contributed by atoms with Gasteiger partial charge >= 0.3 is 17.9 Å². The SMILES string of the molecule is C/C=C/C(=O)OC.CC1CN(Cc2ccccc2)CC1C(=N)N.CC1CN(Cc2ccccc2)CC1C(N)=NN.CC1CN(Cc2ccccc2)CC1c1nnc(CN2C(=O)c3ccccc3C2=O)c(=O)[nH]1.COC(=O)C(=O)CN1C(=O)c2ccccc2C1=O.COC(=O)C1CN(Cc2ccccc2)CC1C.COCN(Cc1ccccc1)C[Si](C)(C)C.NN.O. The second-order valence-electron chi connectivity index (χ2n) is 32.9. The Hall–Kier alpha value is -12.0. The Morgan fingerprint density at radius 3 is 1.23 bits per heavy atom. The highest BCUT2D eigenvalue weighted by Gasteiger charge is 2.41. The maximum absolute atomic E-state index is 12.7. The number of benzene rings is 7. The minimum absolute atomic E-state index is 0. The normalized spacial score (nSPS) is 19.5. The Balaban J connectivity index is 0.000000233. The molecule has 0 radical (unpaired) electrons. The first-order valence-electron chi connectivity index (χ1n) is 41.7. The molecule has 0 spiro atoms. The van der Waals surface area contributed by atoms with Crippen molar-refractivity contribution in [2.45, 2.75) is 99.4 Å². The van der Waals surface area contributed by atoms with E-state index in [-0.39, 0.29) is 58.5 Å². The van der Waals surface area contributed by atoms with Gasteiger partial charge < -0.3 is 46.7 Å². The molecule has 1 aromatic heterocycles. The summed E-state index contributed by atoms with van der Waals surface area (Å²) in [5.74, 6) is 12.7. The van der Waals surface area contributed by atoms with Crippen LogP contribution in [0.5, 0.6) is 0 Å². The smallest absolute Gasteiger partial charge is 0.376 e. The molecule has 4 amide bonds. The number of carbonyl (C=O) groups is 8. The number of hydrazine groups is 1. The van der Waals surface area contributed by atoms with E-state index in [1.165, 1.54) is 66.4 Å². The predicted molar refractivity (Wildman–Crippen MR) is 490 cm³/mol. The maximum atomic E-state index is 12.7. The second kappa shape index (κ2) is 52.1. The molecule has 7 heterocycles. The van der Waals surface area contributed by atoms with Gasteiger partial charge in [-0.3, -0.25) is 85.0 Å². The first-order chi connectivity index (χ1) is 60.0. The van der Waals surface area contributed by atoms with Gasteiger partial charge in [0.1, 0.15) is 17.4 Å². The van der Waals surface area contributed by atoms with Crippen molar-refractivity contribution < 1.29 is 62.8 Å². The summed E-state index contributed by atoms with van der Waals surface area (Å²) in [6, 6.07) is 65.0. The van der Waals surface area contributed by atoms with Gasteiger partial charge in [0.25, 0.3) is 35.0 Å². The number of hydrogen-bond acceptors (Lipinski definition) is 25. The zero-order chi connectivity index (χ0) is 91.3. The van der Waals surface area contributed by atoms with Gasteiger partial charge in [0.15, 0.2) is 0 Å². The standard InChI is InChI=1S/C24H23N5O3.C14H19NO2.C13H20N4.C13H19N3.C13H23NOSi.C12H9NO5.C5H8O2.H4N2.H2O/c1-15-11-28(12-16-7-3-2-4-8-16)13-19(15)21-25-22(30)20(26-27-21)14-29-23(31)17-9-5-6-10-18(17)24(29)32;1-11-8-15(10-13(11)14(16)17-2)9-12-6-4-3-5-7-12;1-10-7-17(9-12(10)13(14)16-15)8-11-5-3-2-4-6-11;1-10-7-16(9-12(10)13(14)15)8-11-5-3-2-4-6-11;1-15-11-14(12-16(2,3)4)10-13-8-6-5-7-9-13;1-18-12(17)9(14)6-13-10(15)7-4-2-3-5-8(7)11(13)16;1-3-4-5(6)7-2;1-2;/h2-10,15,19H,11-14H2,1H3,(H,25,27,30);3-7,11,13H,8-10H2,1-2H3;2-6,10,12H,7-9,15H2,1H3,(H2,14,16);2-6,10,12H,7-9H2,1H3,(H3,14,15);5-9H,10-12H2,1-4H3;2-5H,6H2,1H3;3-4H,1-2H3;1-2H2;1H2/b;;;;;;4-3+;;. The number of amides is 4. The molecule has 4 fully saturated rings. The first kappa shape index (κ1) is 103. The molecule has 31 nitrogen and oxygen atoms in total. The Bertz CT molecular complexity index is 4850. The van der Waals surface area contributed by atoms with Crippen molar-refractivity contribution in [3.63, 3.8) is 0 Å². The Kier molecular flexibility index (Phi) is 42.5. The van der Waals surface area contributed by atoms with Crippen molar-refractivity contribution in [1.29, 1.82) is 5.41 Å². The number of H-pyrrole nitrogens is 1. The monoisotopic (exact) mass is 1750 g/mol. The molecule has 7 aromatic carbocycles. The van der Waals surface area contributed by atoms with Crippen LogP contribution >= 0.6 is 0 Å². The van der Waals surface area contributed by atoms with Gasteiger partial charge in [0.2, 0.25) is 0 Å². The van der Waals surface area contributed by atoms with E-state index in [2.05, 4.69) is 216 Å². The molecule has 8 unspecified atom stereocenters. The molecule has 6 aliphatic rings. The van der Waals surface area contributed by atoms with Crippen LogP contribution in [-0.4, -0.2) is 222 Å². The summed E-state index contributed by atoms with van der Waals surface area (Å²) in [6.45, 7) is 29.6. The lowest BCUT2D eigenvalue weighted by Crippen LogP contribution is -2.40. The summed E-state index contributed by atoms with van der Waals surface area (Å²) in [4.78, 5) is 122. The van der Waals surface area contributed by atoms with E-state index in [1.54, 1.807) is 56.5 Å². The second-order valence-corrected chi connectivity index (χ2v) is 38.4. The molecule has 8 aromatic rings. The van der Waals surface area contributed by atoms with E-state index in [0.29, 0.717) is 58.2 Å². The summed E-state index contributed by atoms with van der Waals surface area (Å²) in [7, 11) is 4.58. The number of hydrazone groups is 1. The Morgan fingerprint density at radius 1 is 0.500 bits per heavy atom. The quantitative estimate of drug-likeness (QED) is 0.00254. The van der Waals surface area contributed by atoms with Crippen LogP contribution in [0.25, 0.3) is 0 Å². The number of ether oxygens (including phenoxy) is 4. The van der Waals surface area contributed by atoms with Gasteiger partial charge in [-0.1, -0.05) is 229 Å². The number of nitrogens with two attached hydrogens (primary N) is 5. The Labute approximate surface area is 740 Å². The topological polar surface area (TPSA) is 453 Å². The van der Waals surface area contributed by atoms with E-state index >= 15 is 0 Å². The van der Waals surface area contributed by atoms with Crippen molar-refractivity contribution in [1.82, 2.24) is 49.5 Å². The number of aromatic amines is 1. The number of hydrogen-bond donors (Lipinski definition) is 7. The molecule has 0 saturated carbocycles. The van der Waals surface area contributed by atoms with Gasteiger partial charge in [0, 0.05) is 116 Å². The number of likely N-dealkylation sites (tertiary alicyclic amines) is 4. The summed E-state index contributed by atoms with van der Waals surface area (Å²) < 4.78 is 18.6. The molecular formula is C94H127N17O14Si. The lowest BCUT2D eigenvalue weighted by atomic mass is 9.97. The molecule has 676 valence electrons. The zero-order valence-electron chi connectivity index (χ0n) is 74.5. The molecule has 126 heavy (non-hydrogen) atoms. The number of rotatable bonds is 24. The minimum atomic E-state index is -1.08.